The van der Waals surface area contributed by atoms with Crippen molar-refractivity contribution in [3.05, 3.63) is 45.8 Å². The summed E-state index contributed by atoms with van der Waals surface area (Å²) in [4.78, 5) is 12.2. The minimum Gasteiger partial charge on any atom is -0.378 e. The summed E-state index contributed by atoms with van der Waals surface area (Å²) in [6.45, 7) is 1.99. The van der Waals surface area contributed by atoms with Crippen molar-refractivity contribution in [2.45, 2.75) is 6.54 Å². The van der Waals surface area contributed by atoms with E-state index in [0.29, 0.717) is 36.7 Å². The van der Waals surface area contributed by atoms with E-state index < -0.39 is 0 Å². The minimum atomic E-state index is -0.0497. The van der Waals surface area contributed by atoms with Crippen molar-refractivity contribution in [1.29, 1.82) is 0 Å². The molecule has 96 valence electrons. The number of rotatable bonds is 5. The van der Waals surface area contributed by atoms with Crippen LogP contribution in [0.15, 0.2) is 35.3 Å². The lowest BCUT2D eigenvalue weighted by Crippen LogP contribution is -2.22. The van der Waals surface area contributed by atoms with E-state index in [1.54, 1.807) is 29.0 Å². The molecule has 0 atom stereocenters. The summed E-state index contributed by atoms with van der Waals surface area (Å²) in [5.74, 6) is 0. The third-order valence-corrected chi connectivity index (χ3v) is 3.03. The third-order valence-electron chi connectivity index (χ3n) is 2.70. The zero-order valence-electron chi connectivity index (χ0n) is 9.93. The first-order chi connectivity index (χ1) is 8.74. The average Bonchev–Trinajstić information content (AvgIpc) is 2.38. The van der Waals surface area contributed by atoms with Crippen molar-refractivity contribution in [3.8, 4) is 0 Å². The van der Waals surface area contributed by atoms with Gasteiger partial charge in [0, 0.05) is 35.1 Å². The monoisotopic (exact) mass is 266 g/mol. The van der Waals surface area contributed by atoms with Crippen LogP contribution in [0.3, 0.4) is 0 Å². The maximum absolute atomic E-state index is 12.2. The van der Waals surface area contributed by atoms with Crippen LogP contribution < -0.4 is 11.3 Å². The molecule has 0 unspecified atom stereocenters. The highest BCUT2D eigenvalue weighted by Crippen LogP contribution is 2.19. The predicted octanol–water partition coefficient (Wildman–Crippen LogP) is 1.63. The Morgan fingerprint density at radius 3 is 2.83 bits per heavy atom. The Morgan fingerprint density at radius 1 is 1.22 bits per heavy atom. The molecule has 2 rings (SSSR count). The first-order valence-corrected chi connectivity index (χ1v) is 6.17. The fourth-order valence-corrected chi connectivity index (χ4v) is 2.04. The summed E-state index contributed by atoms with van der Waals surface area (Å²) in [6, 6.07) is 7.18. The second-order valence-corrected chi connectivity index (χ2v) is 4.32. The van der Waals surface area contributed by atoms with E-state index in [4.69, 9.17) is 22.1 Å². The number of ether oxygens (including phenoxy) is 1. The van der Waals surface area contributed by atoms with Gasteiger partial charge in [0.15, 0.2) is 0 Å². The highest BCUT2D eigenvalue weighted by atomic mass is 35.5. The van der Waals surface area contributed by atoms with Crippen LogP contribution in [0.1, 0.15) is 0 Å². The molecule has 0 spiro atoms. The zero-order valence-corrected chi connectivity index (χ0v) is 10.7. The number of hydrogen-bond donors (Lipinski definition) is 1. The van der Waals surface area contributed by atoms with Gasteiger partial charge in [-0.2, -0.15) is 0 Å². The number of halogens is 1. The maximum Gasteiger partial charge on any atom is 0.258 e. The Morgan fingerprint density at radius 2 is 2.06 bits per heavy atom. The van der Waals surface area contributed by atoms with E-state index in [2.05, 4.69) is 0 Å². The molecule has 0 aliphatic rings. The predicted molar refractivity (Wildman–Crippen MR) is 73.1 cm³/mol. The molecule has 1 aromatic heterocycles. The largest absolute Gasteiger partial charge is 0.378 e. The molecule has 0 saturated carbocycles. The normalized spacial score (nSPS) is 11.0. The Kier molecular flexibility index (Phi) is 4.36. The number of nitrogens with two attached hydrogens (primary N) is 1. The van der Waals surface area contributed by atoms with Gasteiger partial charge in [-0.3, -0.25) is 4.79 Å². The summed E-state index contributed by atoms with van der Waals surface area (Å²) in [5.41, 5.74) is 5.27. The Balaban J connectivity index is 2.26. The molecular weight excluding hydrogens is 252 g/mol. The van der Waals surface area contributed by atoms with Gasteiger partial charge < -0.3 is 15.0 Å². The lowest BCUT2D eigenvalue weighted by atomic mass is 10.2. The standard InChI is InChI=1S/C13H15ClN2O2/c14-12-3-1-2-11-10(12)4-6-16(13(11)17)7-9-18-8-5-15/h1-4,6H,5,7-9,15H2. The topological polar surface area (TPSA) is 57.2 Å². The summed E-state index contributed by atoms with van der Waals surface area (Å²) in [6.07, 6.45) is 1.74. The van der Waals surface area contributed by atoms with Crippen LogP contribution in [0.4, 0.5) is 0 Å². The molecule has 1 aromatic carbocycles. The number of nitrogens with zero attached hydrogens (tertiary/aromatic N) is 1. The van der Waals surface area contributed by atoms with Gasteiger partial charge in [-0.25, -0.2) is 0 Å². The van der Waals surface area contributed by atoms with E-state index in [0.717, 1.165) is 5.39 Å². The van der Waals surface area contributed by atoms with E-state index in [1.807, 2.05) is 6.07 Å². The van der Waals surface area contributed by atoms with Gasteiger partial charge in [0.05, 0.1) is 13.2 Å². The molecule has 2 aromatic rings. The van der Waals surface area contributed by atoms with Crippen molar-refractivity contribution in [1.82, 2.24) is 4.57 Å². The van der Waals surface area contributed by atoms with Crippen LogP contribution in [0.5, 0.6) is 0 Å². The summed E-state index contributed by atoms with van der Waals surface area (Å²) in [7, 11) is 0. The fourth-order valence-electron chi connectivity index (χ4n) is 1.80. The van der Waals surface area contributed by atoms with Crippen LogP contribution >= 0.6 is 11.6 Å². The van der Waals surface area contributed by atoms with Crippen molar-refractivity contribution >= 4 is 22.4 Å². The number of fused-ring (bicyclic) bond motifs is 1. The Labute approximate surface area is 110 Å². The van der Waals surface area contributed by atoms with Crippen LogP contribution in [0.2, 0.25) is 5.02 Å². The van der Waals surface area contributed by atoms with Gasteiger partial charge in [-0.05, 0) is 18.2 Å². The smallest absolute Gasteiger partial charge is 0.258 e. The number of pyridine rings is 1. The van der Waals surface area contributed by atoms with Crippen molar-refractivity contribution in [2.24, 2.45) is 5.73 Å². The lowest BCUT2D eigenvalue weighted by Gasteiger charge is -2.08. The molecule has 0 amide bonds. The molecule has 0 radical (unpaired) electrons. The first-order valence-electron chi connectivity index (χ1n) is 5.79. The van der Waals surface area contributed by atoms with Crippen molar-refractivity contribution in [3.63, 3.8) is 0 Å². The van der Waals surface area contributed by atoms with Gasteiger partial charge in [0.1, 0.15) is 0 Å². The van der Waals surface area contributed by atoms with E-state index in [9.17, 15) is 4.79 Å². The van der Waals surface area contributed by atoms with Crippen molar-refractivity contribution in [2.75, 3.05) is 19.8 Å². The molecule has 5 heteroatoms. The Bertz CT molecular complexity index is 595. The molecule has 0 saturated heterocycles. The Hall–Kier alpha value is -1.36. The molecule has 0 aliphatic heterocycles. The number of hydrogen-bond acceptors (Lipinski definition) is 3. The van der Waals surface area contributed by atoms with Crippen molar-refractivity contribution < 1.29 is 4.74 Å². The summed E-state index contributed by atoms with van der Waals surface area (Å²) in [5, 5.41) is 2.00. The molecule has 0 fully saturated rings. The first kappa shape index (κ1) is 13.1. The van der Waals surface area contributed by atoms with Gasteiger partial charge >= 0.3 is 0 Å². The molecule has 1 heterocycles. The van der Waals surface area contributed by atoms with Crippen LogP contribution in [0, 0.1) is 0 Å². The molecule has 0 bridgehead atoms. The number of aromatic nitrogens is 1. The fraction of sp³-hybridized carbons (Fsp3) is 0.308. The van der Waals surface area contributed by atoms with Gasteiger partial charge in [-0.1, -0.05) is 17.7 Å². The van der Waals surface area contributed by atoms with Crippen LogP contribution in [-0.2, 0) is 11.3 Å². The van der Waals surface area contributed by atoms with E-state index in [-0.39, 0.29) is 5.56 Å². The second kappa shape index (κ2) is 6.00. The minimum absolute atomic E-state index is 0.0497. The number of benzene rings is 1. The lowest BCUT2D eigenvalue weighted by molar-refractivity contribution is 0.132. The maximum atomic E-state index is 12.2. The molecule has 18 heavy (non-hydrogen) atoms. The van der Waals surface area contributed by atoms with Gasteiger partial charge in [0.2, 0.25) is 0 Å². The average molecular weight is 267 g/mol. The summed E-state index contributed by atoms with van der Waals surface area (Å²) >= 11 is 6.04. The SMILES string of the molecule is NCCOCCn1ccc2c(Cl)cccc2c1=O. The summed E-state index contributed by atoms with van der Waals surface area (Å²) < 4.78 is 6.89. The van der Waals surface area contributed by atoms with E-state index >= 15 is 0 Å². The second-order valence-electron chi connectivity index (χ2n) is 3.92. The van der Waals surface area contributed by atoms with Gasteiger partial charge in [0.25, 0.3) is 5.56 Å². The van der Waals surface area contributed by atoms with Crippen LogP contribution in [0.25, 0.3) is 10.8 Å². The highest BCUT2D eigenvalue weighted by molar-refractivity contribution is 6.35. The van der Waals surface area contributed by atoms with E-state index in [1.165, 1.54) is 0 Å². The molecule has 0 aliphatic carbocycles. The van der Waals surface area contributed by atoms with Gasteiger partial charge in [-0.15, -0.1) is 0 Å². The third kappa shape index (κ3) is 2.72. The zero-order chi connectivity index (χ0) is 13.0. The highest BCUT2D eigenvalue weighted by Gasteiger charge is 2.04. The molecular formula is C13H15ClN2O2. The van der Waals surface area contributed by atoms with Crippen LogP contribution in [-0.4, -0.2) is 24.3 Å². The molecule has 2 N–H and O–H groups in total. The quantitative estimate of drug-likeness (QED) is 0.837. The molecule has 4 nitrogen and oxygen atoms in total.